The number of imide groups is 1. The summed E-state index contributed by atoms with van der Waals surface area (Å²) in [6, 6.07) is 12.1. The third-order valence-corrected chi connectivity index (χ3v) is 26.0. The predicted molar refractivity (Wildman–Crippen MR) is 461 cm³/mol. The Bertz CT molecular complexity index is 4480. The number of phenolic OH excluding ortho intramolecular Hbond substituents is 1. The lowest BCUT2D eigenvalue weighted by Crippen LogP contribution is -2.60. The number of aliphatic hydroxyl groups excluding tert-OH is 1. The van der Waals surface area contributed by atoms with E-state index in [0.29, 0.717) is 101 Å². The number of carbonyl (C=O) groups excluding carboxylic acids is 11. The fourth-order valence-electron chi connectivity index (χ4n) is 18.7. The number of aromatic nitrogens is 3. The molecule has 12 amide bonds. The van der Waals surface area contributed by atoms with Gasteiger partial charge in [-0.05, 0) is 202 Å². The fraction of sp³-hybridized carbons (Fsp3) is 0.648. The first-order valence-electron chi connectivity index (χ1n) is 44.0. The van der Waals surface area contributed by atoms with Gasteiger partial charge < -0.3 is 92.2 Å². The van der Waals surface area contributed by atoms with Crippen LogP contribution in [-0.2, 0) is 125 Å². The number of nitrogens with two attached hydrogens (primary N) is 1. The molecule has 3 aromatic carbocycles. The molecule has 2 fully saturated rings. The van der Waals surface area contributed by atoms with Crippen molar-refractivity contribution >= 4 is 86.8 Å². The number of anilines is 2. The number of benzene rings is 3. The molecule has 9 rings (SSSR count). The van der Waals surface area contributed by atoms with Crippen LogP contribution in [-0.4, -0.2) is 219 Å². The van der Waals surface area contributed by atoms with E-state index in [1.807, 2.05) is 38.1 Å². The SMILES string of the molecule is CC(=O)N[C@H](CCCCNC(=O)COC1CCCCCc2c1nnn2CCOCCOCCOCCOCCC(=O)NCCS(=O)(=O)O)C(=O)N[C@H](C(=O)N[C@@H](CCCNC(N)=O)C(=O)Nc1ccc(COC(=O)N[C@@H](CCO)C(=O)Nc2ccc3c(c2)[C@@]2(C)CCC[C@](C)(C(=O)NC(=O)[C@@]4(C)CCC[C@]5(C)c6cc(O)ccc6CC[C@@H]45)[C@@H]2CC3)cc1)C(C)C. The second-order valence-corrected chi connectivity index (χ2v) is 36.3. The summed E-state index contributed by atoms with van der Waals surface area (Å²) >= 11 is 0. The standard InChI is InChI=1S/C88H130N14O22S/c1-56(2)75(98-79(110)66(93-57(3)104)16-11-12-38-90-74(107)55-123-70-19-10-8-9-18-69-76(70)100-101-102(69)41-44-120-46-48-122-50-49-121-47-45-119-43-33-73(106)91-40-51-125(116,117)118)80(111)96-67(17-13-39-92-83(89)114)77(108)94-61-26-20-58(21-27-61)54-124-84(115)97-68(32-42-103)78(109)95-62-28-22-59-24-30-71-85(4,64(59)52-62)34-14-36-87(71,6)81(112)99-82(113)88(7)37-15-35-86(5)65-53-63(105)29-23-60(65)25-31-72(86)88/h20-23,26-29,52-53,56,66-68,70-72,75,103,105H,8-19,24-25,30-51,54-55H2,1-7H3,(H,90,107)(H,91,106)(H,93,104)(H,94,108)(H,95,109)(H,96,111)(H,97,115)(H,98,110)(H3,89,92,114)(H,99,112,113)(H,116,117,118)/t66-,67+,68+,70?,71-,72-,75+,85-,86-,87+,88+/m1/s1. The molecular weight excluding hydrogens is 1640 g/mol. The van der Waals surface area contributed by atoms with Crippen LogP contribution in [0.1, 0.15) is 216 Å². The first-order chi connectivity index (χ1) is 59.6. The lowest BCUT2D eigenvalue weighted by Gasteiger charge is -2.56. The molecule has 125 heavy (non-hydrogen) atoms. The van der Waals surface area contributed by atoms with Gasteiger partial charge in [0.25, 0.3) is 10.1 Å². The molecule has 5 aliphatic carbocycles. The van der Waals surface area contributed by atoms with E-state index in [1.54, 1.807) is 54.9 Å². The monoisotopic (exact) mass is 1770 g/mol. The van der Waals surface area contributed by atoms with Crippen molar-refractivity contribution in [2.75, 3.05) is 102 Å². The smallest absolute Gasteiger partial charge is 0.408 e. The Hall–Kier alpha value is -9.76. The molecule has 0 radical (unpaired) electrons. The Balaban J connectivity index is 0.688. The highest BCUT2D eigenvalue weighted by atomic mass is 32.2. The van der Waals surface area contributed by atoms with Gasteiger partial charge >= 0.3 is 12.1 Å². The second-order valence-electron chi connectivity index (χ2n) is 34.7. The molecule has 1 unspecified atom stereocenters. The van der Waals surface area contributed by atoms with Crippen LogP contribution in [0.15, 0.2) is 60.7 Å². The third-order valence-electron chi connectivity index (χ3n) is 25.3. The van der Waals surface area contributed by atoms with Gasteiger partial charge in [0, 0.05) is 51.0 Å². The fourth-order valence-corrected chi connectivity index (χ4v) is 19.0. The van der Waals surface area contributed by atoms with Gasteiger partial charge in [-0.25, -0.2) is 14.3 Å². The Morgan fingerprint density at radius 1 is 0.584 bits per heavy atom. The van der Waals surface area contributed by atoms with Gasteiger partial charge in [0.2, 0.25) is 53.2 Å². The summed E-state index contributed by atoms with van der Waals surface area (Å²) in [5.74, 6) is -5.43. The lowest BCUT2D eigenvalue weighted by atomic mass is 9.49. The van der Waals surface area contributed by atoms with Crippen LogP contribution in [0, 0.1) is 28.6 Å². The zero-order valence-electron chi connectivity index (χ0n) is 73.2. The van der Waals surface area contributed by atoms with Gasteiger partial charge in [-0.15, -0.1) is 5.10 Å². The lowest BCUT2D eigenvalue weighted by molar-refractivity contribution is -0.150. The van der Waals surface area contributed by atoms with Crippen LogP contribution < -0.4 is 58.9 Å². The topological polar surface area (TPSA) is 515 Å². The van der Waals surface area contributed by atoms with Crippen molar-refractivity contribution in [3.8, 4) is 5.75 Å². The number of amides is 12. The van der Waals surface area contributed by atoms with Crippen LogP contribution >= 0.6 is 0 Å². The summed E-state index contributed by atoms with van der Waals surface area (Å²) in [6.45, 7) is 15.0. The number of alkyl carbamates (subject to hydrolysis) is 1. The first-order valence-corrected chi connectivity index (χ1v) is 45.6. The highest BCUT2D eigenvalue weighted by molar-refractivity contribution is 7.85. The molecule has 690 valence electrons. The van der Waals surface area contributed by atoms with E-state index in [4.69, 9.17) is 38.7 Å². The molecule has 0 spiro atoms. The number of primary amides is 1. The Morgan fingerprint density at radius 2 is 1.15 bits per heavy atom. The molecule has 1 heterocycles. The van der Waals surface area contributed by atoms with E-state index >= 15 is 0 Å². The molecule has 4 aromatic rings. The van der Waals surface area contributed by atoms with E-state index in [0.717, 1.165) is 93.0 Å². The number of phenols is 1. The van der Waals surface area contributed by atoms with Crippen LogP contribution in [0.25, 0.3) is 0 Å². The molecule has 0 bridgehead atoms. The minimum Gasteiger partial charge on any atom is -0.508 e. The van der Waals surface area contributed by atoms with Crippen molar-refractivity contribution in [2.45, 2.75) is 244 Å². The van der Waals surface area contributed by atoms with Crippen molar-refractivity contribution in [1.29, 1.82) is 0 Å². The van der Waals surface area contributed by atoms with Crippen LogP contribution in [0.3, 0.4) is 0 Å². The molecule has 2 saturated carbocycles. The summed E-state index contributed by atoms with van der Waals surface area (Å²) < 4.78 is 66.0. The summed E-state index contributed by atoms with van der Waals surface area (Å²) in [4.78, 5) is 148. The zero-order valence-corrected chi connectivity index (χ0v) is 74.0. The highest BCUT2D eigenvalue weighted by Crippen LogP contribution is 2.60. The van der Waals surface area contributed by atoms with Gasteiger partial charge in [0.05, 0.1) is 81.7 Å². The summed E-state index contributed by atoms with van der Waals surface area (Å²) in [7, 11) is -4.15. The van der Waals surface area contributed by atoms with Crippen molar-refractivity contribution in [2.24, 2.45) is 34.3 Å². The van der Waals surface area contributed by atoms with Crippen LogP contribution in [0.4, 0.5) is 21.0 Å². The van der Waals surface area contributed by atoms with E-state index in [2.05, 4.69) is 77.3 Å². The zero-order chi connectivity index (χ0) is 90.5. The molecule has 5 aliphatic rings. The number of aromatic hydroxyl groups is 1. The summed E-state index contributed by atoms with van der Waals surface area (Å²) in [6.07, 6.45) is 11.2. The van der Waals surface area contributed by atoms with Crippen molar-refractivity contribution in [3.05, 3.63) is 99.9 Å². The number of unbranched alkanes of at least 4 members (excludes halogenated alkanes) is 1. The van der Waals surface area contributed by atoms with Gasteiger partial charge in [-0.2, -0.15) is 8.42 Å². The van der Waals surface area contributed by atoms with Gasteiger partial charge in [0.15, 0.2) is 0 Å². The normalized spacial score (nSPS) is 21.7. The number of fused-ring (bicyclic) bond motifs is 7. The maximum atomic E-state index is 14.9. The molecule has 0 aliphatic heterocycles. The molecular formula is C88H130N14O22S. The number of hydrogen-bond donors (Lipinski definition) is 14. The second kappa shape index (κ2) is 47.2. The number of hydrogen-bond acceptors (Lipinski definition) is 23. The van der Waals surface area contributed by atoms with Crippen molar-refractivity contribution < 1.29 is 104 Å². The number of urea groups is 1. The number of nitrogens with zero attached hydrogens (tertiary/aromatic N) is 3. The van der Waals surface area contributed by atoms with Gasteiger partial charge in [0.1, 0.15) is 54.9 Å². The molecule has 37 heteroatoms. The number of aryl methyl sites for hydroxylation is 2. The summed E-state index contributed by atoms with van der Waals surface area (Å²) in [5.41, 5.74) is 9.99. The van der Waals surface area contributed by atoms with E-state index in [-0.39, 0.29) is 125 Å². The number of nitrogens with one attached hydrogen (secondary N) is 10. The van der Waals surface area contributed by atoms with Crippen LogP contribution in [0.2, 0.25) is 0 Å². The maximum absolute atomic E-state index is 14.9. The Labute approximate surface area is 731 Å². The number of ether oxygens (including phenoxy) is 6. The molecule has 11 atom stereocenters. The minimum absolute atomic E-state index is 0.0161. The van der Waals surface area contributed by atoms with Gasteiger partial charge in [-0.1, -0.05) is 96.7 Å². The third kappa shape index (κ3) is 28.4. The van der Waals surface area contributed by atoms with Crippen LogP contribution in [0.5, 0.6) is 5.75 Å². The first kappa shape index (κ1) is 99.0. The number of aliphatic hydroxyl groups is 1. The Morgan fingerprint density at radius 3 is 1.77 bits per heavy atom. The molecule has 1 aromatic heterocycles. The van der Waals surface area contributed by atoms with E-state index in [9.17, 15) is 71.4 Å². The maximum Gasteiger partial charge on any atom is 0.408 e. The average molecular weight is 1770 g/mol. The molecule has 36 nitrogen and oxygen atoms in total. The van der Waals surface area contributed by atoms with Crippen molar-refractivity contribution in [1.82, 2.24) is 57.5 Å². The van der Waals surface area contributed by atoms with Gasteiger partial charge in [-0.3, -0.25) is 53.0 Å². The minimum atomic E-state index is -4.15. The average Bonchev–Trinajstić information content (AvgIpc) is 0.961. The Kier molecular flexibility index (Phi) is 37.4. The van der Waals surface area contributed by atoms with E-state index in [1.165, 1.54) is 12.5 Å². The highest BCUT2D eigenvalue weighted by Gasteiger charge is 2.59. The largest absolute Gasteiger partial charge is 0.508 e. The van der Waals surface area contributed by atoms with E-state index < -0.39 is 122 Å². The molecule has 0 saturated heterocycles. The predicted octanol–water partition coefficient (Wildman–Crippen LogP) is 6.10. The molecule has 15 N–H and O–H groups in total. The number of carbonyl (C=O) groups is 11. The quantitative estimate of drug-likeness (QED) is 0.0135. The number of rotatable bonds is 47. The summed E-state index contributed by atoms with van der Waals surface area (Å²) in [5, 5.41) is 56.7. The van der Waals surface area contributed by atoms with Crippen molar-refractivity contribution in [3.63, 3.8) is 0 Å².